The van der Waals surface area contributed by atoms with Gasteiger partial charge in [0.25, 0.3) is 5.56 Å². The number of anilines is 3. The third kappa shape index (κ3) is 6.06. The molecule has 0 unspecified atom stereocenters. The van der Waals surface area contributed by atoms with Crippen molar-refractivity contribution in [1.29, 1.82) is 0 Å². The summed E-state index contributed by atoms with van der Waals surface area (Å²) in [7, 11) is 5.65. The molecule has 4 rings (SSSR count). The highest BCUT2D eigenvalue weighted by Gasteiger charge is 2.18. The van der Waals surface area contributed by atoms with Crippen molar-refractivity contribution in [2.75, 3.05) is 57.5 Å². The predicted molar refractivity (Wildman–Crippen MR) is 141 cm³/mol. The van der Waals surface area contributed by atoms with Gasteiger partial charge >= 0.3 is 5.91 Å². The molecule has 1 aliphatic heterocycles. The highest BCUT2D eigenvalue weighted by atomic mass is 35.5. The van der Waals surface area contributed by atoms with E-state index in [0.717, 1.165) is 42.2 Å². The lowest BCUT2D eigenvalue weighted by molar-refractivity contribution is 0.0997. The maximum atomic E-state index is 12.9. The van der Waals surface area contributed by atoms with Crippen LogP contribution in [0.1, 0.15) is 10.5 Å². The van der Waals surface area contributed by atoms with Gasteiger partial charge in [0.15, 0.2) is 5.69 Å². The predicted octanol–water partition coefficient (Wildman–Crippen LogP) is 3.11. The Morgan fingerprint density at radius 3 is 2.29 bits per heavy atom. The third-order valence-corrected chi connectivity index (χ3v) is 5.88. The monoisotopic (exact) mass is 493 g/mol. The number of likely N-dealkylation sites (N-methyl/N-ethyl adjacent to an activating group) is 1. The van der Waals surface area contributed by atoms with E-state index in [1.165, 1.54) is 12.4 Å². The van der Waals surface area contributed by atoms with E-state index >= 15 is 0 Å². The van der Waals surface area contributed by atoms with Crippen LogP contribution in [0.15, 0.2) is 64.4 Å². The minimum atomic E-state index is -0.571. The number of nitrogens with zero attached hydrogens (tertiary/aromatic N) is 6. The van der Waals surface area contributed by atoms with Crippen LogP contribution in [0.5, 0.6) is 0 Å². The van der Waals surface area contributed by atoms with Crippen LogP contribution in [0, 0.1) is 0 Å². The second-order valence-corrected chi connectivity index (χ2v) is 9.05. The van der Waals surface area contributed by atoms with Gasteiger partial charge in [-0.2, -0.15) is 14.8 Å². The van der Waals surface area contributed by atoms with Crippen LogP contribution in [-0.2, 0) is 0 Å². The van der Waals surface area contributed by atoms with Crippen LogP contribution < -0.4 is 15.8 Å². The first-order valence-corrected chi connectivity index (χ1v) is 11.6. The maximum Gasteiger partial charge on any atom is 0.300 e. The molecule has 1 aliphatic rings. The largest absolute Gasteiger partial charge is 0.369 e. The summed E-state index contributed by atoms with van der Waals surface area (Å²) in [6, 6.07) is 15.9. The molecule has 3 aromatic rings. The summed E-state index contributed by atoms with van der Waals surface area (Å²) in [4.78, 5) is 36.1. The fraction of sp³-hybridized carbons (Fsp3) is 0.280. The van der Waals surface area contributed by atoms with Crippen LogP contribution in [-0.4, -0.2) is 79.1 Å². The number of halogens is 1. The molecule has 1 fully saturated rings. The maximum absolute atomic E-state index is 12.9. The summed E-state index contributed by atoms with van der Waals surface area (Å²) in [5.74, 6) is -0.571. The number of hydrogen-bond acceptors (Lipinski definition) is 6. The summed E-state index contributed by atoms with van der Waals surface area (Å²) in [5.41, 5.74) is 2.28. The zero-order chi connectivity index (χ0) is 24.9. The number of carbonyl (C=O) groups excluding carboxylic acids is 1. The molecule has 0 atom stereocenters. The zero-order valence-electron chi connectivity index (χ0n) is 20.0. The molecule has 9 nitrogen and oxygen atoms in total. The Bertz CT molecular complexity index is 1260. The molecule has 0 aliphatic carbocycles. The molecule has 0 saturated carbocycles. The van der Waals surface area contributed by atoms with Gasteiger partial charge in [-0.15, -0.1) is 0 Å². The van der Waals surface area contributed by atoms with Gasteiger partial charge in [-0.3, -0.25) is 9.59 Å². The number of carbonyl (C=O) groups is 1. The highest BCUT2D eigenvalue weighted by Crippen LogP contribution is 2.24. The van der Waals surface area contributed by atoms with Crippen molar-refractivity contribution >= 4 is 40.9 Å². The van der Waals surface area contributed by atoms with Crippen LogP contribution >= 0.6 is 11.6 Å². The SMILES string of the molecule is CN(C)C=NC(=O)c1nn(-c2ccc(Cl)cc2)c(=O)cc1Nc1ccc(N2CCN(C)CC2)cc1. The van der Waals surface area contributed by atoms with Gasteiger partial charge in [-0.1, -0.05) is 11.6 Å². The normalized spacial score (nSPS) is 14.3. The topological polar surface area (TPSA) is 86.1 Å². The van der Waals surface area contributed by atoms with E-state index in [1.807, 2.05) is 24.3 Å². The van der Waals surface area contributed by atoms with Crippen molar-refractivity contribution in [2.45, 2.75) is 0 Å². The molecule has 182 valence electrons. The van der Waals surface area contributed by atoms with Gasteiger partial charge in [0.05, 0.1) is 17.7 Å². The smallest absolute Gasteiger partial charge is 0.300 e. The van der Waals surface area contributed by atoms with Gasteiger partial charge in [0, 0.05) is 62.7 Å². The van der Waals surface area contributed by atoms with Crippen molar-refractivity contribution in [3.63, 3.8) is 0 Å². The third-order valence-electron chi connectivity index (χ3n) is 5.63. The first-order valence-electron chi connectivity index (χ1n) is 11.3. The average molecular weight is 494 g/mol. The van der Waals surface area contributed by atoms with Crippen molar-refractivity contribution in [1.82, 2.24) is 19.6 Å². The van der Waals surface area contributed by atoms with Crippen LogP contribution in [0.3, 0.4) is 0 Å². The Labute approximate surface area is 209 Å². The fourth-order valence-corrected chi connectivity index (χ4v) is 3.81. The number of rotatable bonds is 6. The number of aliphatic imine (C=N–C) groups is 1. The molecular weight excluding hydrogens is 466 g/mol. The molecule has 0 radical (unpaired) electrons. The molecule has 0 bridgehead atoms. The van der Waals surface area contributed by atoms with Gasteiger partial charge in [0.1, 0.15) is 0 Å². The van der Waals surface area contributed by atoms with Crippen molar-refractivity contribution in [3.05, 3.63) is 75.7 Å². The molecule has 1 N–H and O–H groups in total. The van der Waals surface area contributed by atoms with E-state index in [9.17, 15) is 9.59 Å². The van der Waals surface area contributed by atoms with Gasteiger partial charge in [-0.25, -0.2) is 0 Å². The molecule has 10 heteroatoms. The lowest BCUT2D eigenvalue weighted by Gasteiger charge is -2.34. The average Bonchev–Trinajstić information content (AvgIpc) is 2.84. The zero-order valence-corrected chi connectivity index (χ0v) is 20.7. The van der Waals surface area contributed by atoms with E-state index in [0.29, 0.717) is 10.7 Å². The Balaban J connectivity index is 1.65. The molecule has 2 heterocycles. The summed E-state index contributed by atoms with van der Waals surface area (Å²) >= 11 is 5.97. The Morgan fingerprint density at radius 2 is 1.66 bits per heavy atom. The number of benzene rings is 2. The van der Waals surface area contributed by atoms with Gasteiger partial charge in [0.2, 0.25) is 0 Å². The van der Waals surface area contributed by atoms with Gasteiger partial charge in [-0.05, 0) is 55.6 Å². The number of piperazine rings is 1. The molecule has 1 amide bonds. The van der Waals surface area contributed by atoms with E-state index in [-0.39, 0.29) is 11.4 Å². The van der Waals surface area contributed by atoms with E-state index in [2.05, 4.69) is 32.3 Å². The van der Waals surface area contributed by atoms with Crippen molar-refractivity contribution in [3.8, 4) is 5.69 Å². The highest BCUT2D eigenvalue weighted by molar-refractivity contribution is 6.30. The summed E-state index contributed by atoms with van der Waals surface area (Å²) in [5, 5.41) is 8.06. The fourth-order valence-electron chi connectivity index (χ4n) is 3.68. The Hall–Kier alpha value is -3.69. The number of aromatic nitrogens is 2. The van der Waals surface area contributed by atoms with Crippen LogP contribution in [0.4, 0.5) is 17.1 Å². The molecule has 35 heavy (non-hydrogen) atoms. The lowest BCUT2D eigenvalue weighted by atomic mass is 10.2. The summed E-state index contributed by atoms with van der Waals surface area (Å²) in [6.07, 6.45) is 1.40. The quantitative estimate of drug-likeness (QED) is 0.417. The summed E-state index contributed by atoms with van der Waals surface area (Å²) in [6.45, 7) is 3.99. The second-order valence-electron chi connectivity index (χ2n) is 8.61. The van der Waals surface area contributed by atoms with Crippen molar-refractivity contribution < 1.29 is 4.79 Å². The standard InChI is InChI=1S/C25H28ClN7O2/c1-30(2)17-27-25(35)24-22(16-23(34)33(29-24)21-8-4-18(26)5-9-21)28-19-6-10-20(11-7-19)32-14-12-31(3)13-15-32/h4-11,16-17,28H,12-15H2,1-3H3. The molecule has 0 spiro atoms. The molecule has 1 aromatic heterocycles. The molecule has 1 saturated heterocycles. The van der Waals surface area contributed by atoms with Crippen molar-refractivity contribution in [2.24, 2.45) is 4.99 Å². The van der Waals surface area contributed by atoms with E-state index < -0.39 is 11.5 Å². The van der Waals surface area contributed by atoms with E-state index in [4.69, 9.17) is 11.6 Å². The Morgan fingerprint density at radius 1 is 1.03 bits per heavy atom. The van der Waals surface area contributed by atoms with Gasteiger partial charge < -0.3 is 20.0 Å². The number of hydrogen-bond donors (Lipinski definition) is 1. The second kappa shape index (κ2) is 10.7. The number of nitrogens with one attached hydrogen (secondary N) is 1. The minimum Gasteiger partial charge on any atom is -0.369 e. The van der Waals surface area contributed by atoms with Crippen LogP contribution in [0.25, 0.3) is 5.69 Å². The number of amides is 1. The lowest BCUT2D eigenvalue weighted by Crippen LogP contribution is -2.44. The Kier molecular flexibility index (Phi) is 7.48. The first kappa shape index (κ1) is 24.4. The summed E-state index contributed by atoms with van der Waals surface area (Å²) < 4.78 is 1.16. The van der Waals surface area contributed by atoms with Crippen LogP contribution in [0.2, 0.25) is 5.02 Å². The molecular formula is C25H28ClN7O2. The first-order chi connectivity index (χ1) is 16.8. The molecule has 2 aromatic carbocycles. The minimum absolute atomic E-state index is 0.0285. The van der Waals surface area contributed by atoms with E-state index in [1.54, 1.807) is 43.3 Å².